The van der Waals surface area contributed by atoms with Crippen LogP contribution in [0.25, 0.3) is 5.57 Å². The average molecular weight is 431 g/mol. The molecule has 0 amide bonds. The summed E-state index contributed by atoms with van der Waals surface area (Å²) in [6.45, 7) is 12.2. The molecule has 1 saturated carbocycles. The minimum Gasteiger partial charge on any atom is -0.145 e. The fourth-order valence-corrected chi connectivity index (χ4v) is 9.91. The number of hydrogen-bond acceptors (Lipinski definition) is 1. The lowest BCUT2D eigenvalue weighted by atomic mass is 9.66. The highest BCUT2D eigenvalue weighted by molar-refractivity contribution is 7.80. The van der Waals surface area contributed by atoms with E-state index in [1.165, 1.54) is 33.2 Å². The Hall–Kier alpha value is -1.69. The van der Waals surface area contributed by atoms with Crippen molar-refractivity contribution in [3.8, 4) is 0 Å². The molecule has 2 aromatic carbocycles. The van der Waals surface area contributed by atoms with Gasteiger partial charge in [-0.1, -0.05) is 87.5 Å². The van der Waals surface area contributed by atoms with E-state index in [2.05, 4.69) is 101 Å². The van der Waals surface area contributed by atoms with Gasteiger partial charge in [0.15, 0.2) is 0 Å². The van der Waals surface area contributed by atoms with Gasteiger partial charge in [-0.25, -0.2) is 0 Å². The van der Waals surface area contributed by atoms with Crippen molar-refractivity contribution in [1.82, 2.24) is 0 Å². The molecule has 1 aromatic heterocycles. The minimum absolute atomic E-state index is 0.277. The number of allylic oxidation sites excluding steroid dienone is 2. The third-order valence-electron chi connectivity index (χ3n) is 8.02. The second-order valence-electron chi connectivity index (χ2n) is 9.72. The van der Waals surface area contributed by atoms with Gasteiger partial charge in [-0.2, -0.15) is 0 Å². The maximum atomic E-state index is 2.66. The van der Waals surface area contributed by atoms with E-state index in [4.69, 9.17) is 0 Å². The molecule has 154 valence electrons. The zero-order valence-corrected chi connectivity index (χ0v) is 20.4. The van der Waals surface area contributed by atoms with Crippen LogP contribution in [0.3, 0.4) is 0 Å². The summed E-state index contributed by atoms with van der Waals surface area (Å²) in [6.07, 6.45) is 5.32. The van der Waals surface area contributed by atoms with E-state index in [1.54, 1.807) is 16.4 Å². The minimum atomic E-state index is -0.576. The number of rotatable bonds is 4. The molecule has 1 heterocycles. The van der Waals surface area contributed by atoms with Crippen LogP contribution in [0.15, 0.2) is 66.7 Å². The lowest BCUT2D eigenvalue weighted by Gasteiger charge is -2.38. The first-order valence-corrected chi connectivity index (χ1v) is 13.2. The molecule has 0 saturated heterocycles. The van der Waals surface area contributed by atoms with Crippen LogP contribution in [0, 0.1) is 30.6 Å². The van der Waals surface area contributed by atoms with E-state index in [1.807, 2.05) is 11.3 Å². The highest BCUT2D eigenvalue weighted by Crippen LogP contribution is 2.68. The van der Waals surface area contributed by atoms with Crippen molar-refractivity contribution in [2.24, 2.45) is 16.7 Å². The van der Waals surface area contributed by atoms with Gasteiger partial charge < -0.3 is 0 Å². The maximum Gasteiger partial charge on any atom is 0.0107 e. The first-order valence-electron chi connectivity index (χ1n) is 11.1. The van der Waals surface area contributed by atoms with Gasteiger partial charge in [0.25, 0.3) is 0 Å². The van der Waals surface area contributed by atoms with Crippen LogP contribution in [-0.2, 0) is 0 Å². The fourth-order valence-electron chi connectivity index (χ4n) is 5.87. The van der Waals surface area contributed by atoms with Crippen molar-refractivity contribution in [3.05, 3.63) is 82.1 Å². The van der Waals surface area contributed by atoms with Gasteiger partial charge in [-0.3, -0.25) is 0 Å². The first-order chi connectivity index (χ1) is 14.3. The van der Waals surface area contributed by atoms with E-state index in [0.29, 0.717) is 11.3 Å². The molecule has 5 rings (SSSR count). The second-order valence-corrected chi connectivity index (χ2v) is 13.3. The number of thiophene rings is 1. The van der Waals surface area contributed by atoms with E-state index in [9.17, 15) is 0 Å². The first kappa shape index (κ1) is 20.2. The molecule has 2 bridgehead atoms. The highest BCUT2D eigenvalue weighted by atomic mass is 32.1. The van der Waals surface area contributed by atoms with Gasteiger partial charge in [-0.15, -0.1) is 11.3 Å². The third kappa shape index (κ3) is 2.82. The lowest BCUT2D eigenvalue weighted by Crippen LogP contribution is -2.31. The molecule has 3 aromatic rings. The summed E-state index contributed by atoms with van der Waals surface area (Å²) in [4.78, 5) is 2.99. The molecule has 0 radical (unpaired) electrons. The van der Waals surface area contributed by atoms with E-state index in [-0.39, 0.29) is 5.41 Å². The van der Waals surface area contributed by atoms with Crippen LogP contribution in [0.2, 0.25) is 0 Å². The van der Waals surface area contributed by atoms with Crippen LogP contribution in [-0.4, -0.2) is 0 Å². The second kappa shape index (κ2) is 7.18. The molecular formula is C28H31PS. The Labute approximate surface area is 186 Å². The standard InChI is InChI=1S/C28H31PS/c1-19-25(24-18-21-16-17-28(24,5)27(21,3)4)26(20(2)30-19)29(22-12-8-6-9-13-22)23-14-10-7-11-15-23/h6-15,18,21H,16-17H2,1-5H3. The van der Waals surface area contributed by atoms with Gasteiger partial charge in [0, 0.05) is 20.6 Å². The lowest BCUT2D eigenvalue weighted by molar-refractivity contribution is 0.190. The molecule has 0 spiro atoms. The summed E-state index contributed by atoms with van der Waals surface area (Å²) in [5.41, 5.74) is 3.84. The van der Waals surface area contributed by atoms with Crippen molar-refractivity contribution in [3.63, 3.8) is 0 Å². The summed E-state index contributed by atoms with van der Waals surface area (Å²) in [7, 11) is -0.576. The van der Waals surface area contributed by atoms with Gasteiger partial charge in [0.05, 0.1) is 0 Å². The Morgan fingerprint density at radius 1 is 0.833 bits per heavy atom. The summed E-state index contributed by atoms with van der Waals surface area (Å²) in [6, 6.07) is 22.4. The largest absolute Gasteiger partial charge is 0.145 e. The molecule has 30 heavy (non-hydrogen) atoms. The van der Waals surface area contributed by atoms with E-state index < -0.39 is 7.92 Å². The van der Waals surface area contributed by atoms with E-state index >= 15 is 0 Å². The van der Waals surface area contributed by atoms with Crippen molar-refractivity contribution in [2.45, 2.75) is 47.5 Å². The molecule has 1 fully saturated rings. The molecule has 2 unspecified atom stereocenters. The molecular weight excluding hydrogens is 399 g/mol. The van der Waals surface area contributed by atoms with Crippen LogP contribution >= 0.6 is 19.3 Å². The van der Waals surface area contributed by atoms with E-state index in [0.717, 1.165) is 0 Å². The van der Waals surface area contributed by atoms with Gasteiger partial charge in [-0.05, 0) is 67.5 Å². The van der Waals surface area contributed by atoms with Crippen molar-refractivity contribution in [1.29, 1.82) is 0 Å². The molecule has 0 N–H and O–H groups in total. The highest BCUT2D eigenvalue weighted by Gasteiger charge is 2.57. The molecule has 2 heteroatoms. The molecule has 0 aliphatic heterocycles. The number of aryl methyl sites for hydroxylation is 2. The van der Waals surface area contributed by atoms with Crippen LogP contribution in [0.4, 0.5) is 0 Å². The van der Waals surface area contributed by atoms with Crippen LogP contribution < -0.4 is 15.9 Å². The van der Waals surface area contributed by atoms with Crippen molar-refractivity contribution < 1.29 is 0 Å². The Bertz CT molecular complexity index is 1070. The summed E-state index contributed by atoms with van der Waals surface area (Å²) in [5, 5.41) is 4.50. The maximum absolute atomic E-state index is 2.66. The third-order valence-corrected chi connectivity index (χ3v) is 11.8. The molecule has 2 aliphatic rings. The van der Waals surface area contributed by atoms with Crippen molar-refractivity contribution >= 4 is 40.7 Å². The Balaban J connectivity index is 1.75. The van der Waals surface area contributed by atoms with Crippen LogP contribution in [0.1, 0.15) is 48.9 Å². The summed E-state index contributed by atoms with van der Waals surface area (Å²) >= 11 is 2.00. The predicted molar refractivity (Wildman–Crippen MR) is 135 cm³/mol. The monoisotopic (exact) mass is 430 g/mol. The number of benzene rings is 2. The van der Waals surface area contributed by atoms with Gasteiger partial charge in [0.1, 0.15) is 0 Å². The Kier molecular flexibility index (Phi) is 4.84. The molecule has 2 aliphatic carbocycles. The van der Waals surface area contributed by atoms with Crippen LogP contribution in [0.5, 0.6) is 0 Å². The summed E-state index contributed by atoms with van der Waals surface area (Å²) < 4.78 is 0. The topological polar surface area (TPSA) is 0 Å². The van der Waals surface area contributed by atoms with Crippen molar-refractivity contribution in [2.75, 3.05) is 0 Å². The molecule has 0 nitrogen and oxygen atoms in total. The van der Waals surface area contributed by atoms with Gasteiger partial charge >= 0.3 is 0 Å². The Morgan fingerprint density at radius 2 is 1.40 bits per heavy atom. The zero-order chi connectivity index (χ0) is 21.1. The number of fused-ring (bicyclic) bond motifs is 2. The smallest absolute Gasteiger partial charge is 0.0107 e. The Morgan fingerprint density at radius 3 is 1.87 bits per heavy atom. The normalized spacial score (nSPS) is 24.5. The summed E-state index contributed by atoms with van der Waals surface area (Å²) in [5.74, 6) is 0.713. The number of hydrogen-bond donors (Lipinski definition) is 0. The zero-order valence-electron chi connectivity index (χ0n) is 18.7. The predicted octanol–water partition coefficient (Wildman–Crippen LogP) is 6.96. The quantitative estimate of drug-likeness (QED) is 0.392. The van der Waals surface area contributed by atoms with Gasteiger partial charge in [0.2, 0.25) is 0 Å². The fraction of sp³-hybridized carbons (Fsp3) is 0.357. The average Bonchev–Trinajstić information content (AvgIpc) is 3.23. The SMILES string of the molecule is Cc1sc(C)c(P(c2ccccc2)c2ccccc2)c1C1=CC2CCC1(C)C2(C)C. The molecule has 2 atom stereocenters.